The summed E-state index contributed by atoms with van der Waals surface area (Å²) in [6.07, 6.45) is 1.85. The van der Waals surface area contributed by atoms with Gasteiger partial charge < -0.3 is 10.1 Å². The molecule has 1 amide bonds. The molecule has 0 aromatic heterocycles. The maximum Gasteiger partial charge on any atom is 0.232 e. The van der Waals surface area contributed by atoms with Crippen LogP contribution < -0.4 is 14.4 Å². The smallest absolute Gasteiger partial charge is 0.232 e. The zero-order chi connectivity index (χ0) is 21.6. The van der Waals surface area contributed by atoms with Gasteiger partial charge in [-0.2, -0.15) is 0 Å². The third-order valence-corrected chi connectivity index (χ3v) is 6.17. The molecule has 29 heavy (non-hydrogen) atoms. The van der Waals surface area contributed by atoms with Crippen molar-refractivity contribution < 1.29 is 17.9 Å². The maximum atomic E-state index is 12.4. The van der Waals surface area contributed by atoms with Crippen molar-refractivity contribution in [2.24, 2.45) is 0 Å². The van der Waals surface area contributed by atoms with Crippen LogP contribution in [0.5, 0.6) is 5.75 Å². The van der Waals surface area contributed by atoms with Crippen molar-refractivity contribution in [3.05, 3.63) is 59.2 Å². The molecule has 2 aromatic carbocycles. The summed E-state index contributed by atoms with van der Waals surface area (Å²) in [6, 6.07) is 12.9. The number of ether oxygens (including phenoxy) is 1. The van der Waals surface area contributed by atoms with Gasteiger partial charge in [-0.3, -0.25) is 9.10 Å². The standard InChI is InChI=1S/C22H30N2O4S/c1-16-10-8-12-20(17(16)2)24(29(5,26)27)15-9-14-22(25)23-18(3)19-11-6-7-13-21(19)28-4/h6-8,10-13,18H,9,14-15H2,1-5H3,(H,23,25). The van der Waals surface area contributed by atoms with E-state index in [4.69, 9.17) is 4.74 Å². The molecule has 0 heterocycles. The molecule has 7 heteroatoms. The number of hydrogen-bond acceptors (Lipinski definition) is 4. The van der Waals surface area contributed by atoms with Gasteiger partial charge in [0.1, 0.15) is 5.75 Å². The predicted octanol–water partition coefficient (Wildman–Crippen LogP) is 3.74. The van der Waals surface area contributed by atoms with E-state index in [2.05, 4.69) is 5.32 Å². The van der Waals surface area contributed by atoms with Gasteiger partial charge >= 0.3 is 0 Å². The minimum absolute atomic E-state index is 0.127. The maximum absolute atomic E-state index is 12.4. The van der Waals surface area contributed by atoms with Crippen LogP contribution in [0.4, 0.5) is 5.69 Å². The van der Waals surface area contributed by atoms with Crippen LogP contribution in [-0.2, 0) is 14.8 Å². The molecule has 0 bridgehead atoms. The van der Waals surface area contributed by atoms with Crippen LogP contribution in [0.2, 0.25) is 0 Å². The number of carbonyl (C=O) groups is 1. The number of hydrogen-bond donors (Lipinski definition) is 1. The number of amides is 1. The quantitative estimate of drug-likeness (QED) is 0.673. The van der Waals surface area contributed by atoms with E-state index in [0.29, 0.717) is 12.1 Å². The Balaban J connectivity index is 2.01. The molecule has 0 radical (unpaired) electrons. The van der Waals surface area contributed by atoms with E-state index in [-0.39, 0.29) is 24.9 Å². The van der Waals surface area contributed by atoms with Gasteiger partial charge in [0.25, 0.3) is 0 Å². The molecular weight excluding hydrogens is 388 g/mol. The van der Waals surface area contributed by atoms with E-state index in [1.165, 1.54) is 10.6 Å². The average Bonchev–Trinajstić information content (AvgIpc) is 2.66. The summed E-state index contributed by atoms with van der Waals surface area (Å²) >= 11 is 0. The highest BCUT2D eigenvalue weighted by atomic mass is 32.2. The van der Waals surface area contributed by atoms with E-state index < -0.39 is 10.0 Å². The Morgan fingerprint density at radius 3 is 2.48 bits per heavy atom. The Bertz CT molecular complexity index is 957. The summed E-state index contributed by atoms with van der Waals surface area (Å²) in [6.45, 7) is 6.00. The summed E-state index contributed by atoms with van der Waals surface area (Å²) in [4.78, 5) is 12.4. The fourth-order valence-corrected chi connectivity index (χ4v) is 4.29. The Labute approximate surface area is 173 Å². The molecule has 158 valence electrons. The highest BCUT2D eigenvalue weighted by Gasteiger charge is 2.20. The van der Waals surface area contributed by atoms with Crippen LogP contribution in [0.1, 0.15) is 42.5 Å². The number of benzene rings is 2. The number of methoxy groups -OCH3 is 1. The fraction of sp³-hybridized carbons (Fsp3) is 0.409. The van der Waals surface area contributed by atoms with Crippen LogP contribution in [-0.4, -0.2) is 34.2 Å². The summed E-state index contributed by atoms with van der Waals surface area (Å²) in [7, 11) is -1.85. The van der Waals surface area contributed by atoms with Gasteiger partial charge in [-0.1, -0.05) is 30.3 Å². The number of nitrogens with one attached hydrogen (secondary N) is 1. The molecule has 0 aliphatic rings. The summed E-state index contributed by atoms with van der Waals surface area (Å²) in [5, 5.41) is 2.96. The Hall–Kier alpha value is -2.54. The van der Waals surface area contributed by atoms with Gasteiger partial charge in [-0.15, -0.1) is 0 Å². The summed E-state index contributed by atoms with van der Waals surface area (Å²) in [5.41, 5.74) is 3.51. The first-order valence-corrected chi connectivity index (χ1v) is 11.5. The number of carbonyl (C=O) groups excluding carboxylic acids is 1. The lowest BCUT2D eigenvalue weighted by Gasteiger charge is -2.25. The number of aryl methyl sites for hydroxylation is 1. The topological polar surface area (TPSA) is 75.7 Å². The van der Waals surface area contributed by atoms with Gasteiger partial charge in [0, 0.05) is 18.5 Å². The van der Waals surface area contributed by atoms with E-state index in [9.17, 15) is 13.2 Å². The van der Waals surface area contributed by atoms with Crippen LogP contribution in [0.3, 0.4) is 0 Å². The molecule has 6 nitrogen and oxygen atoms in total. The third-order valence-electron chi connectivity index (χ3n) is 4.99. The van der Waals surface area contributed by atoms with Crippen molar-refractivity contribution >= 4 is 21.6 Å². The zero-order valence-corrected chi connectivity index (χ0v) is 18.5. The van der Waals surface area contributed by atoms with Crippen molar-refractivity contribution in [2.45, 2.75) is 39.7 Å². The Kier molecular flexibility index (Phi) is 7.67. The lowest BCUT2D eigenvalue weighted by atomic mass is 10.1. The Morgan fingerprint density at radius 2 is 1.83 bits per heavy atom. The number of nitrogens with zero attached hydrogens (tertiary/aromatic N) is 1. The largest absolute Gasteiger partial charge is 0.496 e. The Morgan fingerprint density at radius 1 is 1.14 bits per heavy atom. The molecule has 0 saturated heterocycles. The minimum Gasteiger partial charge on any atom is -0.496 e. The molecule has 0 saturated carbocycles. The molecule has 0 aliphatic heterocycles. The number of sulfonamides is 1. The van der Waals surface area contributed by atoms with Crippen molar-refractivity contribution in [1.82, 2.24) is 5.32 Å². The summed E-state index contributed by atoms with van der Waals surface area (Å²) < 4.78 is 31.4. The van der Waals surface area contributed by atoms with Crippen molar-refractivity contribution in [3.8, 4) is 5.75 Å². The number of anilines is 1. The molecule has 1 atom stereocenters. The molecule has 0 aliphatic carbocycles. The molecule has 2 rings (SSSR count). The van der Waals surface area contributed by atoms with Gasteiger partial charge in [0.15, 0.2) is 0 Å². The zero-order valence-electron chi connectivity index (χ0n) is 17.7. The number of rotatable bonds is 9. The second-order valence-electron chi connectivity index (χ2n) is 7.19. The van der Waals surface area contributed by atoms with Crippen molar-refractivity contribution in [1.29, 1.82) is 0 Å². The number of para-hydroxylation sites is 1. The molecule has 0 fully saturated rings. The van der Waals surface area contributed by atoms with E-state index >= 15 is 0 Å². The molecule has 2 aromatic rings. The average molecular weight is 419 g/mol. The van der Waals surface area contributed by atoms with Gasteiger partial charge in [0.2, 0.25) is 15.9 Å². The summed E-state index contributed by atoms with van der Waals surface area (Å²) in [5.74, 6) is 0.594. The molecular formula is C22H30N2O4S. The van der Waals surface area contributed by atoms with Gasteiger partial charge in [-0.05, 0) is 50.5 Å². The molecule has 1 N–H and O–H groups in total. The molecule has 1 unspecified atom stereocenters. The first kappa shape index (κ1) is 22.7. The van der Waals surface area contributed by atoms with Crippen LogP contribution >= 0.6 is 0 Å². The highest BCUT2D eigenvalue weighted by molar-refractivity contribution is 7.92. The van der Waals surface area contributed by atoms with E-state index in [0.717, 1.165) is 22.4 Å². The first-order chi connectivity index (χ1) is 13.6. The predicted molar refractivity (Wildman–Crippen MR) is 117 cm³/mol. The minimum atomic E-state index is -3.45. The first-order valence-electron chi connectivity index (χ1n) is 9.61. The lowest BCUT2D eigenvalue weighted by molar-refractivity contribution is -0.121. The second kappa shape index (κ2) is 9.78. The lowest BCUT2D eigenvalue weighted by Crippen LogP contribution is -2.33. The van der Waals surface area contributed by atoms with Gasteiger partial charge in [0.05, 0.1) is 25.1 Å². The fourth-order valence-electron chi connectivity index (χ4n) is 3.27. The van der Waals surface area contributed by atoms with Gasteiger partial charge in [-0.25, -0.2) is 8.42 Å². The van der Waals surface area contributed by atoms with Crippen LogP contribution in [0.15, 0.2) is 42.5 Å². The highest BCUT2D eigenvalue weighted by Crippen LogP contribution is 2.26. The van der Waals surface area contributed by atoms with E-state index in [1.54, 1.807) is 13.2 Å². The normalized spacial score (nSPS) is 12.3. The van der Waals surface area contributed by atoms with Crippen molar-refractivity contribution in [2.75, 3.05) is 24.2 Å². The van der Waals surface area contributed by atoms with E-state index in [1.807, 2.05) is 57.2 Å². The van der Waals surface area contributed by atoms with Crippen molar-refractivity contribution in [3.63, 3.8) is 0 Å². The second-order valence-corrected chi connectivity index (χ2v) is 9.10. The third kappa shape index (κ3) is 5.97. The van der Waals surface area contributed by atoms with Crippen LogP contribution in [0.25, 0.3) is 0 Å². The SMILES string of the molecule is COc1ccccc1C(C)NC(=O)CCCN(c1cccc(C)c1C)S(C)(=O)=O. The monoisotopic (exact) mass is 418 g/mol. The van der Waals surface area contributed by atoms with Crippen LogP contribution in [0, 0.1) is 13.8 Å². The molecule has 0 spiro atoms.